The molecule has 154 valence electrons. The molecule has 0 saturated carbocycles. The summed E-state index contributed by atoms with van der Waals surface area (Å²) in [7, 11) is 0. The third-order valence-electron chi connectivity index (χ3n) is 5.61. The van der Waals surface area contributed by atoms with Crippen molar-refractivity contribution in [3.05, 3.63) is 126 Å². The number of fused-ring (bicyclic) bond motifs is 1. The Morgan fingerprint density at radius 2 is 1.56 bits per heavy atom. The Labute approximate surface area is 187 Å². The summed E-state index contributed by atoms with van der Waals surface area (Å²) in [6, 6.07) is 30.6. The molecule has 0 atom stereocenters. The standard InChI is InChI=1S/C30H22O2/c31-30-20-26-14-11-23(8-4-7-22-5-2-1-3-6-22)17-28(26)19-29(30)18-24-9-12-25(13-10-24)27-15-16-32-21-27/h1-3,5-6,9-17,19-21,31H,7,18H2. The van der Waals surface area contributed by atoms with Crippen LogP contribution in [0, 0.1) is 11.8 Å². The van der Waals surface area contributed by atoms with E-state index in [1.807, 2.05) is 42.5 Å². The van der Waals surface area contributed by atoms with Crippen LogP contribution in [0.5, 0.6) is 5.75 Å². The monoisotopic (exact) mass is 414 g/mol. The zero-order chi connectivity index (χ0) is 21.8. The van der Waals surface area contributed by atoms with Gasteiger partial charge in [-0.25, -0.2) is 0 Å². The van der Waals surface area contributed by atoms with Crippen molar-refractivity contribution in [2.45, 2.75) is 12.8 Å². The van der Waals surface area contributed by atoms with Gasteiger partial charge in [-0.05, 0) is 63.4 Å². The molecule has 0 bridgehead atoms. The van der Waals surface area contributed by atoms with E-state index in [1.165, 1.54) is 5.56 Å². The van der Waals surface area contributed by atoms with E-state index in [1.54, 1.807) is 12.5 Å². The molecule has 0 amide bonds. The third kappa shape index (κ3) is 4.43. The van der Waals surface area contributed by atoms with Gasteiger partial charge in [0.1, 0.15) is 5.75 Å². The van der Waals surface area contributed by atoms with Crippen LogP contribution in [0.1, 0.15) is 22.3 Å². The van der Waals surface area contributed by atoms with Crippen LogP contribution in [0.15, 0.2) is 108 Å². The molecule has 1 aromatic heterocycles. The summed E-state index contributed by atoms with van der Waals surface area (Å²) in [6.45, 7) is 0. The van der Waals surface area contributed by atoms with Crippen molar-refractivity contribution in [3.8, 4) is 28.7 Å². The molecule has 0 aliphatic carbocycles. The van der Waals surface area contributed by atoms with Gasteiger partial charge in [-0.2, -0.15) is 0 Å². The van der Waals surface area contributed by atoms with Crippen LogP contribution in [0.4, 0.5) is 0 Å². The molecule has 0 aliphatic rings. The lowest BCUT2D eigenvalue weighted by atomic mass is 9.97. The number of hydrogen-bond donors (Lipinski definition) is 1. The summed E-state index contributed by atoms with van der Waals surface area (Å²) in [5.74, 6) is 6.85. The van der Waals surface area contributed by atoms with Gasteiger partial charge in [0.05, 0.1) is 12.5 Å². The molecule has 1 N–H and O–H groups in total. The van der Waals surface area contributed by atoms with Gasteiger partial charge in [0.25, 0.3) is 0 Å². The fraction of sp³-hybridized carbons (Fsp3) is 0.0667. The van der Waals surface area contributed by atoms with Gasteiger partial charge in [-0.15, -0.1) is 0 Å². The van der Waals surface area contributed by atoms with E-state index in [-0.39, 0.29) is 0 Å². The maximum atomic E-state index is 10.6. The zero-order valence-corrected chi connectivity index (χ0v) is 17.6. The molecule has 0 aliphatic heterocycles. The highest BCUT2D eigenvalue weighted by Crippen LogP contribution is 2.28. The summed E-state index contributed by atoms with van der Waals surface area (Å²) in [5, 5.41) is 12.7. The largest absolute Gasteiger partial charge is 0.508 e. The molecule has 32 heavy (non-hydrogen) atoms. The van der Waals surface area contributed by atoms with Crippen molar-refractivity contribution in [2.75, 3.05) is 0 Å². The normalized spacial score (nSPS) is 10.6. The second kappa shape index (κ2) is 8.88. The lowest BCUT2D eigenvalue weighted by molar-refractivity contribution is 0.470. The molecular weight excluding hydrogens is 392 g/mol. The minimum Gasteiger partial charge on any atom is -0.508 e. The number of benzene rings is 4. The highest BCUT2D eigenvalue weighted by Gasteiger charge is 2.07. The number of furan rings is 1. The van der Waals surface area contributed by atoms with Crippen molar-refractivity contribution in [1.82, 2.24) is 0 Å². The van der Waals surface area contributed by atoms with E-state index in [2.05, 4.69) is 60.4 Å². The first kappa shape index (κ1) is 19.7. The zero-order valence-electron chi connectivity index (χ0n) is 17.6. The molecule has 5 aromatic rings. The Hall–Kier alpha value is -4.22. The van der Waals surface area contributed by atoms with Crippen molar-refractivity contribution in [3.63, 3.8) is 0 Å². The maximum absolute atomic E-state index is 10.6. The summed E-state index contributed by atoms with van der Waals surface area (Å²) in [4.78, 5) is 0. The van der Waals surface area contributed by atoms with Crippen molar-refractivity contribution < 1.29 is 9.52 Å². The van der Waals surface area contributed by atoms with E-state index in [0.717, 1.165) is 45.0 Å². The Morgan fingerprint density at radius 1 is 0.719 bits per heavy atom. The van der Waals surface area contributed by atoms with Crippen LogP contribution in [-0.4, -0.2) is 5.11 Å². The first-order valence-electron chi connectivity index (χ1n) is 10.6. The van der Waals surface area contributed by atoms with Crippen molar-refractivity contribution >= 4 is 10.8 Å². The molecule has 1 heterocycles. The van der Waals surface area contributed by atoms with E-state index >= 15 is 0 Å². The lowest BCUT2D eigenvalue weighted by Crippen LogP contribution is -1.90. The topological polar surface area (TPSA) is 33.4 Å². The highest BCUT2D eigenvalue weighted by molar-refractivity contribution is 5.86. The maximum Gasteiger partial charge on any atom is 0.119 e. The van der Waals surface area contributed by atoms with Gasteiger partial charge < -0.3 is 9.52 Å². The van der Waals surface area contributed by atoms with Gasteiger partial charge in [0, 0.05) is 24.0 Å². The quantitative estimate of drug-likeness (QED) is 0.322. The van der Waals surface area contributed by atoms with E-state index < -0.39 is 0 Å². The van der Waals surface area contributed by atoms with Crippen LogP contribution in [-0.2, 0) is 12.8 Å². The summed E-state index contributed by atoms with van der Waals surface area (Å²) in [5.41, 5.74) is 6.42. The van der Waals surface area contributed by atoms with Gasteiger partial charge >= 0.3 is 0 Å². The molecule has 0 fully saturated rings. The van der Waals surface area contributed by atoms with Crippen LogP contribution in [0.3, 0.4) is 0 Å². The van der Waals surface area contributed by atoms with Gasteiger partial charge in [0.2, 0.25) is 0 Å². The Balaban J connectivity index is 1.37. The number of hydrogen-bond acceptors (Lipinski definition) is 2. The molecule has 4 aromatic carbocycles. The molecule has 5 rings (SSSR count). The molecular formula is C30H22O2. The number of aromatic hydroxyl groups is 1. The van der Waals surface area contributed by atoms with Crippen molar-refractivity contribution in [2.24, 2.45) is 0 Å². The van der Waals surface area contributed by atoms with Gasteiger partial charge in [-0.1, -0.05) is 72.5 Å². The van der Waals surface area contributed by atoms with E-state index in [0.29, 0.717) is 12.2 Å². The second-order valence-corrected chi connectivity index (χ2v) is 7.89. The van der Waals surface area contributed by atoms with Crippen LogP contribution >= 0.6 is 0 Å². The molecule has 0 spiro atoms. The molecule has 0 saturated heterocycles. The summed E-state index contributed by atoms with van der Waals surface area (Å²) in [6.07, 6.45) is 4.81. The van der Waals surface area contributed by atoms with E-state index in [4.69, 9.17) is 4.42 Å². The SMILES string of the molecule is Oc1cc2ccc(C#CCc3ccccc3)cc2cc1Cc1ccc(-c2ccoc2)cc1. The highest BCUT2D eigenvalue weighted by atomic mass is 16.3. The Kier molecular flexibility index (Phi) is 5.47. The minimum atomic E-state index is 0.319. The molecule has 2 nitrogen and oxygen atoms in total. The smallest absolute Gasteiger partial charge is 0.119 e. The average Bonchev–Trinajstić information content (AvgIpc) is 3.36. The first-order valence-corrected chi connectivity index (χ1v) is 10.6. The van der Waals surface area contributed by atoms with Crippen LogP contribution < -0.4 is 0 Å². The predicted octanol–water partition coefficient (Wildman–Crippen LogP) is 6.99. The van der Waals surface area contributed by atoms with Crippen molar-refractivity contribution in [1.29, 1.82) is 0 Å². The Bertz CT molecular complexity index is 1400. The fourth-order valence-corrected chi connectivity index (χ4v) is 3.86. The van der Waals surface area contributed by atoms with Gasteiger partial charge in [-0.3, -0.25) is 0 Å². The fourth-order valence-electron chi connectivity index (χ4n) is 3.86. The Morgan fingerprint density at radius 3 is 2.34 bits per heavy atom. The number of phenolic OH excluding ortho intramolecular Hbond substituents is 1. The second-order valence-electron chi connectivity index (χ2n) is 7.89. The lowest BCUT2D eigenvalue weighted by Gasteiger charge is -2.09. The first-order chi connectivity index (χ1) is 15.7. The summed E-state index contributed by atoms with van der Waals surface area (Å²) >= 11 is 0. The molecule has 2 heteroatoms. The van der Waals surface area contributed by atoms with E-state index in [9.17, 15) is 5.11 Å². The summed E-state index contributed by atoms with van der Waals surface area (Å²) < 4.78 is 5.17. The van der Waals surface area contributed by atoms with Crippen LogP contribution in [0.25, 0.3) is 21.9 Å². The predicted molar refractivity (Wildman–Crippen MR) is 130 cm³/mol. The van der Waals surface area contributed by atoms with Crippen LogP contribution in [0.2, 0.25) is 0 Å². The number of rotatable bonds is 4. The average molecular weight is 415 g/mol. The third-order valence-corrected chi connectivity index (χ3v) is 5.61. The number of phenols is 1. The van der Waals surface area contributed by atoms with Gasteiger partial charge in [0.15, 0.2) is 0 Å². The molecule has 0 unspecified atom stereocenters. The minimum absolute atomic E-state index is 0.319. The molecule has 0 radical (unpaired) electrons.